The number of aromatic nitrogens is 3. The van der Waals surface area contributed by atoms with Crippen LogP contribution in [0.4, 0.5) is 5.82 Å². The summed E-state index contributed by atoms with van der Waals surface area (Å²) in [6.45, 7) is 0.810. The summed E-state index contributed by atoms with van der Waals surface area (Å²) in [6.07, 6.45) is 13.0. The van der Waals surface area contributed by atoms with Crippen LogP contribution in [0.5, 0.6) is 0 Å². The predicted octanol–water partition coefficient (Wildman–Crippen LogP) is 3.00. The molecule has 2 heterocycles. The third kappa shape index (κ3) is 5.25. The van der Waals surface area contributed by atoms with Crippen LogP contribution in [0, 0.1) is 0 Å². The molecule has 1 N–H and O–H groups in total. The van der Waals surface area contributed by atoms with Crippen molar-refractivity contribution in [2.75, 3.05) is 18.5 Å². The minimum Gasteiger partial charge on any atom is -0.359 e. The van der Waals surface area contributed by atoms with Crippen molar-refractivity contribution in [3.63, 3.8) is 0 Å². The molecule has 1 fully saturated rings. The molecule has 1 aliphatic rings. The SMILES string of the molecule is CN(CCc1ccncc1)c1cc(C(=O)NC2CCCCCC2)ncn1. The van der Waals surface area contributed by atoms with Crippen LogP contribution >= 0.6 is 0 Å². The maximum Gasteiger partial charge on any atom is 0.270 e. The van der Waals surface area contributed by atoms with Crippen molar-refractivity contribution in [1.29, 1.82) is 0 Å². The van der Waals surface area contributed by atoms with E-state index >= 15 is 0 Å². The summed E-state index contributed by atoms with van der Waals surface area (Å²) in [5, 5.41) is 3.14. The van der Waals surface area contributed by atoms with Gasteiger partial charge in [-0.15, -0.1) is 0 Å². The molecule has 6 nitrogen and oxygen atoms in total. The number of hydrogen-bond donors (Lipinski definition) is 1. The van der Waals surface area contributed by atoms with E-state index in [1.165, 1.54) is 37.6 Å². The molecule has 0 unspecified atom stereocenters. The molecule has 3 rings (SSSR count). The molecule has 0 spiro atoms. The highest BCUT2D eigenvalue weighted by molar-refractivity contribution is 5.93. The van der Waals surface area contributed by atoms with E-state index in [2.05, 4.69) is 20.3 Å². The topological polar surface area (TPSA) is 71.0 Å². The standard InChI is InChI=1S/C20H27N5O/c1-25(13-10-16-8-11-21-12-9-16)19-14-18(22-15-23-19)20(26)24-17-6-4-2-3-5-7-17/h8-9,11-12,14-15,17H,2-7,10,13H2,1H3,(H,24,26). The Morgan fingerprint density at radius 1 is 1.15 bits per heavy atom. The van der Waals surface area contributed by atoms with Gasteiger partial charge in [-0.2, -0.15) is 0 Å². The van der Waals surface area contributed by atoms with Gasteiger partial charge in [-0.1, -0.05) is 25.7 Å². The van der Waals surface area contributed by atoms with E-state index in [1.807, 2.05) is 24.1 Å². The van der Waals surface area contributed by atoms with E-state index in [9.17, 15) is 4.79 Å². The van der Waals surface area contributed by atoms with Crippen molar-refractivity contribution >= 4 is 11.7 Å². The average Bonchev–Trinajstić information content (AvgIpc) is 2.95. The highest BCUT2D eigenvalue weighted by Crippen LogP contribution is 2.18. The van der Waals surface area contributed by atoms with Gasteiger partial charge in [0, 0.05) is 38.1 Å². The molecule has 1 saturated carbocycles. The van der Waals surface area contributed by atoms with Gasteiger partial charge in [-0.05, 0) is 37.0 Å². The Balaban J connectivity index is 1.58. The van der Waals surface area contributed by atoms with Crippen LogP contribution in [0.15, 0.2) is 36.9 Å². The van der Waals surface area contributed by atoms with E-state index in [0.717, 1.165) is 31.6 Å². The van der Waals surface area contributed by atoms with Gasteiger partial charge in [-0.3, -0.25) is 9.78 Å². The molecule has 138 valence electrons. The fourth-order valence-electron chi connectivity index (χ4n) is 3.32. The summed E-state index contributed by atoms with van der Waals surface area (Å²) < 4.78 is 0. The zero-order valence-electron chi connectivity index (χ0n) is 15.4. The minimum absolute atomic E-state index is 0.0944. The summed E-state index contributed by atoms with van der Waals surface area (Å²) in [7, 11) is 1.98. The highest BCUT2D eigenvalue weighted by Gasteiger charge is 2.17. The summed E-state index contributed by atoms with van der Waals surface area (Å²) in [6, 6.07) is 6.07. The minimum atomic E-state index is -0.0944. The number of anilines is 1. The lowest BCUT2D eigenvalue weighted by Gasteiger charge is -2.19. The van der Waals surface area contributed by atoms with Gasteiger partial charge in [0.25, 0.3) is 5.91 Å². The molecule has 0 radical (unpaired) electrons. The maximum atomic E-state index is 12.6. The van der Waals surface area contributed by atoms with E-state index in [4.69, 9.17) is 0 Å². The lowest BCUT2D eigenvalue weighted by Crippen LogP contribution is -2.35. The first-order valence-electron chi connectivity index (χ1n) is 9.45. The Kier molecular flexibility index (Phi) is 6.52. The fraction of sp³-hybridized carbons (Fsp3) is 0.500. The zero-order chi connectivity index (χ0) is 18.2. The first-order chi connectivity index (χ1) is 12.7. The number of rotatable bonds is 6. The summed E-state index contributed by atoms with van der Waals surface area (Å²) in [5.41, 5.74) is 1.67. The van der Waals surface area contributed by atoms with Crippen LogP contribution in [-0.4, -0.2) is 40.5 Å². The Morgan fingerprint density at radius 2 is 1.88 bits per heavy atom. The quantitative estimate of drug-likeness (QED) is 0.809. The monoisotopic (exact) mass is 353 g/mol. The van der Waals surface area contributed by atoms with E-state index in [0.29, 0.717) is 5.69 Å². The van der Waals surface area contributed by atoms with Crippen molar-refractivity contribution in [1.82, 2.24) is 20.3 Å². The molecular weight excluding hydrogens is 326 g/mol. The van der Waals surface area contributed by atoms with Gasteiger partial charge in [0.2, 0.25) is 0 Å². The fourth-order valence-corrected chi connectivity index (χ4v) is 3.32. The molecule has 2 aromatic heterocycles. The Bertz CT molecular complexity index is 698. The number of nitrogens with zero attached hydrogens (tertiary/aromatic N) is 4. The van der Waals surface area contributed by atoms with Crippen molar-refractivity contribution < 1.29 is 4.79 Å². The number of nitrogens with one attached hydrogen (secondary N) is 1. The zero-order valence-corrected chi connectivity index (χ0v) is 15.4. The molecule has 0 aliphatic heterocycles. The smallest absolute Gasteiger partial charge is 0.270 e. The molecule has 1 amide bonds. The number of carbonyl (C=O) groups excluding carboxylic acids is 1. The van der Waals surface area contributed by atoms with Crippen LogP contribution < -0.4 is 10.2 Å². The van der Waals surface area contributed by atoms with Crippen molar-refractivity contribution in [3.05, 3.63) is 48.2 Å². The van der Waals surface area contributed by atoms with E-state index in [1.54, 1.807) is 18.5 Å². The molecular formula is C20H27N5O. The Hall–Kier alpha value is -2.50. The Morgan fingerprint density at radius 3 is 2.62 bits per heavy atom. The molecule has 6 heteroatoms. The first-order valence-corrected chi connectivity index (χ1v) is 9.45. The molecule has 0 saturated heterocycles. The average molecular weight is 353 g/mol. The van der Waals surface area contributed by atoms with Crippen LogP contribution in [0.3, 0.4) is 0 Å². The van der Waals surface area contributed by atoms with E-state index < -0.39 is 0 Å². The Labute approximate surface area is 155 Å². The van der Waals surface area contributed by atoms with Crippen LogP contribution in [0.1, 0.15) is 54.6 Å². The predicted molar refractivity (Wildman–Crippen MR) is 102 cm³/mol. The maximum absolute atomic E-state index is 12.6. The van der Waals surface area contributed by atoms with Gasteiger partial charge < -0.3 is 10.2 Å². The van der Waals surface area contributed by atoms with Crippen LogP contribution in [0.25, 0.3) is 0 Å². The molecule has 0 atom stereocenters. The van der Waals surface area contributed by atoms with Crippen molar-refractivity contribution in [3.8, 4) is 0 Å². The second kappa shape index (κ2) is 9.27. The summed E-state index contributed by atoms with van der Waals surface area (Å²) >= 11 is 0. The molecule has 1 aliphatic carbocycles. The van der Waals surface area contributed by atoms with Crippen LogP contribution in [-0.2, 0) is 6.42 Å². The summed E-state index contributed by atoms with van der Waals surface area (Å²) in [4.78, 5) is 27.1. The summed E-state index contributed by atoms with van der Waals surface area (Å²) in [5.74, 6) is 0.670. The van der Waals surface area contributed by atoms with Gasteiger partial charge in [-0.25, -0.2) is 9.97 Å². The lowest BCUT2D eigenvalue weighted by molar-refractivity contribution is 0.0928. The number of likely N-dealkylation sites (N-methyl/N-ethyl adjacent to an activating group) is 1. The first kappa shape index (κ1) is 18.3. The largest absolute Gasteiger partial charge is 0.359 e. The second-order valence-corrected chi connectivity index (χ2v) is 6.95. The molecule has 0 bridgehead atoms. The second-order valence-electron chi connectivity index (χ2n) is 6.95. The van der Waals surface area contributed by atoms with Gasteiger partial charge in [0.15, 0.2) is 0 Å². The number of amides is 1. The van der Waals surface area contributed by atoms with Gasteiger partial charge in [0.1, 0.15) is 17.8 Å². The number of pyridine rings is 1. The number of hydrogen-bond acceptors (Lipinski definition) is 5. The lowest BCUT2D eigenvalue weighted by atomic mass is 10.1. The van der Waals surface area contributed by atoms with Gasteiger partial charge in [0.05, 0.1) is 0 Å². The third-order valence-corrected chi connectivity index (χ3v) is 4.95. The van der Waals surface area contributed by atoms with Crippen LogP contribution in [0.2, 0.25) is 0 Å². The van der Waals surface area contributed by atoms with Crippen molar-refractivity contribution in [2.45, 2.75) is 51.0 Å². The normalized spacial score (nSPS) is 15.3. The van der Waals surface area contributed by atoms with Gasteiger partial charge >= 0.3 is 0 Å². The third-order valence-electron chi connectivity index (χ3n) is 4.95. The highest BCUT2D eigenvalue weighted by atomic mass is 16.1. The molecule has 0 aromatic carbocycles. The molecule has 2 aromatic rings. The van der Waals surface area contributed by atoms with Crippen molar-refractivity contribution in [2.24, 2.45) is 0 Å². The molecule has 26 heavy (non-hydrogen) atoms. The van der Waals surface area contributed by atoms with E-state index in [-0.39, 0.29) is 11.9 Å². The number of carbonyl (C=O) groups is 1.